The maximum absolute atomic E-state index is 12.6. The topological polar surface area (TPSA) is 119 Å². The summed E-state index contributed by atoms with van der Waals surface area (Å²) >= 11 is 0. The Balaban J connectivity index is 3.13. The van der Waals surface area contributed by atoms with Crippen LogP contribution in [0.4, 0.5) is 10.6 Å². The van der Waals surface area contributed by atoms with Crippen molar-refractivity contribution in [2.24, 2.45) is 10.2 Å². The first kappa shape index (κ1) is 16.3. The molecule has 9 heteroatoms. The van der Waals surface area contributed by atoms with Crippen molar-refractivity contribution in [3.05, 3.63) is 18.3 Å². The SMILES string of the molecule is CNS(=O)(=NC(=O)OC(C)(C)C)c1ccc(NN)nc1. The van der Waals surface area contributed by atoms with E-state index in [4.69, 9.17) is 10.6 Å². The molecule has 0 spiro atoms. The Kier molecular flexibility index (Phi) is 5.03. The summed E-state index contributed by atoms with van der Waals surface area (Å²) in [6.07, 6.45) is 0.417. The predicted molar refractivity (Wildman–Crippen MR) is 76.2 cm³/mol. The lowest BCUT2D eigenvalue weighted by Crippen LogP contribution is -2.25. The lowest BCUT2D eigenvalue weighted by molar-refractivity contribution is 0.0607. The van der Waals surface area contributed by atoms with E-state index < -0.39 is 21.6 Å². The molecule has 1 amide bonds. The van der Waals surface area contributed by atoms with Gasteiger partial charge in [0.15, 0.2) is 0 Å². The van der Waals surface area contributed by atoms with Crippen molar-refractivity contribution in [1.29, 1.82) is 0 Å². The van der Waals surface area contributed by atoms with Crippen molar-refractivity contribution < 1.29 is 13.7 Å². The predicted octanol–water partition coefficient (Wildman–Crippen LogP) is 1.26. The molecular formula is C11H19N5O3S. The van der Waals surface area contributed by atoms with Crippen LogP contribution < -0.4 is 16.0 Å². The van der Waals surface area contributed by atoms with E-state index in [1.807, 2.05) is 0 Å². The molecule has 112 valence electrons. The molecule has 0 radical (unpaired) electrons. The molecule has 0 aliphatic heterocycles. The summed E-state index contributed by atoms with van der Waals surface area (Å²) in [6.45, 7) is 5.10. The number of aromatic nitrogens is 1. The maximum atomic E-state index is 12.6. The zero-order valence-electron chi connectivity index (χ0n) is 11.8. The molecule has 1 aromatic heterocycles. The Hall–Kier alpha value is -1.71. The Bertz CT molecular complexity index is 585. The third-order valence-corrected chi connectivity index (χ3v) is 3.92. The molecule has 1 atom stereocenters. The Morgan fingerprint density at radius 1 is 1.45 bits per heavy atom. The van der Waals surface area contributed by atoms with E-state index in [2.05, 4.69) is 19.5 Å². The zero-order valence-corrected chi connectivity index (χ0v) is 12.7. The van der Waals surface area contributed by atoms with Gasteiger partial charge in [-0.3, -0.25) is 0 Å². The molecule has 8 nitrogen and oxygen atoms in total. The number of nitrogens with zero attached hydrogens (tertiary/aromatic N) is 2. The monoisotopic (exact) mass is 301 g/mol. The summed E-state index contributed by atoms with van der Waals surface area (Å²) in [4.78, 5) is 15.8. The van der Waals surface area contributed by atoms with E-state index in [0.717, 1.165) is 0 Å². The van der Waals surface area contributed by atoms with Crippen LogP contribution in [0, 0.1) is 0 Å². The second-order valence-corrected chi connectivity index (χ2v) is 6.94. The van der Waals surface area contributed by atoms with E-state index in [1.165, 1.54) is 25.4 Å². The molecule has 1 rings (SSSR count). The molecule has 0 saturated heterocycles. The number of amides is 1. The lowest BCUT2D eigenvalue weighted by Gasteiger charge is -2.18. The van der Waals surface area contributed by atoms with Gasteiger partial charge in [0, 0.05) is 6.20 Å². The van der Waals surface area contributed by atoms with Crippen molar-refractivity contribution >= 4 is 21.8 Å². The molecule has 1 heterocycles. The Morgan fingerprint density at radius 2 is 2.10 bits per heavy atom. The Morgan fingerprint density at radius 3 is 2.50 bits per heavy atom. The number of hydrazine groups is 1. The van der Waals surface area contributed by atoms with E-state index >= 15 is 0 Å². The number of anilines is 1. The molecule has 0 aliphatic rings. The number of hydrogen-bond donors (Lipinski definition) is 3. The van der Waals surface area contributed by atoms with Gasteiger partial charge < -0.3 is 10.2 Å². The third kappa shape index (κ3) is 4.44. The first-order valence-electron chi connectivity index (χ1n) is 5.81. The van der Waals surface area contributed by atoms with Crippen LogP contribution in [0.5, 0.6) is 0 Å². The molecule has 0 bridgehead atoms. The summed E-state index contributed by atoms with van der Waals surface area (Å²) in [7, 11) is -1.70. The van der Waals surface area contributed by atoms with Gasteiger partial charge in [0.25, 0.3) is 0 Å². The minimum Gasteiger partial charge on any atom is -0.442 e. The highest BCUT2D eigenvalue weighted by molar-refractivity contribution is 7.92. The van der Waals surface area contributed by atoms with Crippen LogP contribution in [-0.2, 0) is 14.7 Å². The number of carbonyl (C=O) groups is 1. The number of nitrogens with two attached hydrogens (primary N) is 1. The zero-order chi connectivity index (χ0) is 15.4. The van der Waals surface area contributed by atoms with Crippen molar-refractivity contribution in [2.75, 3.05) is 12.5 Å². The van der Waals surface area contributed by atoms with Crippen LogP contribution in [0.3, 0.4) is 0 Å². The maximum Gasteiger partial charge on any atom is 0.443 e. The summed E-state index contributed by atoms with van der Waals surface area (Å²) in [6, 6.07) is 3.03. The normalized spacial score (nSPS) is 14.2. The summed E-state index contributed by atoms with van der Waals surface area (Å²) in [5.41, 5.74) is 1.64. The van der Waals surface area contributed by atoms with Crippen LogP contribution in [0.25, 0.3) is 0 Å². The number of carbonyl (C=O) groups excluding carboxylic acids is 1. The minimum absolute atomic E-state index is 0.254. The fraction of sp³-hybridized carbons (Fsp3) is 0.455. The molecule has 0 aromatic carbocycles. The van der Waals surface area contributed by atoms with Gasteiger partial charge in [-0.2, -0.15) is 0 Å². The van der Waals surface area contributed by atoms with Crippen molar-refractivity contribution in [3.8, 4) is 0 Å². The van der Waals surface area contributed by atoms with Crippen LogP contribution in [0.1, 0.15) is 20.8 Å². The summed E-state index contributed by atoms with van der Waals surface area (Å²) in [5, 5.41) is 0. The van der Waals surface area contributed by atoms with Crippen LogP contribution in [0.2, 0.25) is 0 Å². The average Bonchev–Trinajstić information content (AvgIpc) is 2.36. The summed E-state index contributed by atoms with van der Waals surface area (Å²) < 4.78 is 23.7. The fourth-order valence-corrected chi connectivity index (χ4v) is 2.36. The Labute approximate surface area is 118 Å². The first-order chi connectivity index (χ1) is 9.20. The molecule has 0 aliphatic carbocycles. The summed E-state index contributed by atoms with van der Waals surface area (Å²) in [5.74, 6) is 5.60. The first-order valence-corrected chi connectivity index (χ1v) is 7.33. The van der Waals surface area contributed by atoms with Crippen molar-refractivity contribution in [2.45, 2.75) is 31.3 Å². The van der Waals surface area contributed by atoms with Crippen LogP contribution in [-0.4, -0.2) is 27.9 Å². The smallest absolute Gasteiger partial charge is 0.442 e. The highest BCUT2D eigenvalue weighted by atomic mass is 32.2. The second-order valence-electron chi connectivity index (χ2n) is 4.83. The second kappa shape index (κ2) is 6.16. The minimum atomic E-state index is -3.13. The molecule has 20 heavy (non-hydrogen) atoms. The molecule has 0 saturated carbocycles. The van der Waals surface area contributed by atoms with Gasteiger partial charge >= 0.3 is 6.09 Å². The quantitative estimate of drug-likeness (QED) is 0.571. The van der Waals surface area contributed by atoms with E-state index in [9.17, 15) is 9.00 Å². The van der Waals surface area contributed by atoms with Crippen LogP contribution >= 0.6 is 0 Å². The van der Waals surface area contributed by atoms with Crippen molar-refractivity contribution in [1.82, 2.24) is 9.71 Å². The van der Waals surface area contributed by atoms with Gasteiger partial charge in [0.1, 0.15) is 21.3 Å². The molecular weight excluding hydrogens is 282 g/mol. The third-order valence-electron chi connectivity index (χ3n) is 2.08. The number of nitrogen functional groups attached to an aromatic ring is 1. The molecule has 1 aromatic rings. The number of rotatable bonds is 3. The standard InChI is InChI=1S/C11H19N5O3S/c1-11(2,3)19-10(17)16-20(18,13-4)8-5-6-9(15-12)14-7-8/h5-7H,12H2,1-4H3,(H,14,15)(H,13,16,17,18). The van der Waals surface area contributed by atoms with E-state index in [1.54, 1.807) is 20.8 Å². The van der Waals surface area contributed by atoms with Gasteiger partial charge in [0.2, 0.25) is 0 Å². The van der Waals surface area contributed by atoms with E-state index in [0.29, 0.717) is 5.82 Å². The largest absolute Gasteiger partial charge is 0.443 e. The number of ether oxygens (including phenoxy) is 1. The van der Waals surface area contributed by atoms with Gasteiger partial charge in [-0.15, -0.1) is 4.36 Å². The fourth-order valence-electron chi connectivity index (χ4n) is 1.23. The van der Waals surface area contributed by atoms with Gasteiger partial charge in [-0.1, -0.05) is 0 Å². The van der Waals surface area contributed by atoms with Gasteiger partial charge in [0.05, 0.1) is 4.90 Å². The number of pyridine rings is 1. The van der Waals surface area contributed by atoms with Gasteiger partial charge in [-0.05, 0) is 40.0 Å². The molecule has 1 unspecified atom stereocenters. The lowest BCUT2D eigenvalue weighted by atomic mass is 10.2. The molecule has 0 fully saturated rings. The highest BCUT2D eigenvalue weighted by Gasteiger charge is 2.19. The highest BCUT2D eigenvalue weighted by Crippen LogP contribution is 2.14. The van der Waals surface area contributed by atoms with E-state index in [-0.39, 0.29) is 4.90 Å². The number of nitrogens with one attached hydrogen (secondary N) is 2. The molecule has 4 N–H and O–H groups in total. The number of hydrogen-bond acceptors (Lipinski definition) is 6. The van der Waals surface area contributed by atoms with Crippen molar-refractivity contribution in [3.63, 3.8) is 0 Å². The van der Waals surface area contributed by atoms with Gasteiger partial charge in [-0.25, -0.2) is 24.6 Å². The van der Waals surface area contributed by atoms with Crippen LogP contribution in [0.15, 0.2) is 27.6 Å². The average molecular weight is 301 g/mol.